The maximum Gasteiger partial charge on any atom is 0.159 e. The Kier molecular flexibility index (Phi) is 4.27. The van der Waals surface area contributed by atoms with Crippen LogP contribution in [0, 0.1) is 19.8 Å². The number of rotatable bonds is 5. The smallest absolute Gasteiger partial charge is 0.159 e. The molecule has 0 unspecified atom stereocenters. The summed E-state index contributed by atoms with van der Waals surface area (Å²) in [5.74, 6) is 3.12. The molecule has 19 heavy (non-hydrogen) atoms. The van der Waals surface area contributed by atoms with Crippen LogP contribution < -0.4 is 5.32 Å². The molecule has 0 saturated heterocycles. The van der Waals surface area contributed by atoms with Crippen LogP contribution in [0.2, 0.25) is 0 Å². The molecule has 0 saturated carbocycles. The zero-order valence-corrected chi connectivity index (χ0v) is 12.0. The summed E-state index contributed by atoms with van der Waals surface area (Å²) in [6.45, 7) is 10.0. The van der Waals surface area contributed by atoms with E-state index in [-0.39, 0.29) is 0 Å². The molecule has 0 atom stereocenters. The number of hydrogen-bond acceptors (Lipinski definition) is 4. The van der Waals surface area contributed by atoms with Gasteiger partial charge in [0.2, 0.25) is 0 Å². The Bertz CT molecular complexity index is 545. The second kappa shape index (κ2) is 5.93. The van der Waals surface area contributed by atoms with E-state index in [4.69, 9.17) is 0 Å². The monoisotopic (exact) mass is 259 g/mol. The van der Waals surface area contributed by atoms with Crippen molar-refractivity contribution in [3.05, 3.63) is 35.5 Å². The summed E-state index contributed by atoms with van der Waals surface area (Å²) in [6, 6.07) is 4.03. The van der Waals surface area contributed by atoms with Crippen molar-refractivity contribution in [2.45, 2.75) is 34.2 Å². The largest absolute Gasteiger partial charge is 0.312 e. The van der Waals surface area contributed by atoms with Crippen molar-refractivity contribution in [3.8, 4) is 5.82 Å². The van der Waals surface area contributed by atoms with Gasteiger partial charge in [0.1, 0.15) is 11.6 Å². The van der Waals surface area contributed by atoms with Crippen molar-refractivity contribution < 1.29 is 0 Å². The fourth-order valence-electron chi connectivity index (χ4n) is 1.98. The van der Waals surface area contributed by atoms with Gasteiger partial charge in [-0.1, -0.05) is 19.9 Å². The van der Waals surface area contributed by atoms with E-state index in [1.165, 1.54) is 0 Å². The van der Waals surface area contributed by atoms with Crippen LogP contribution in [0.4, 0.5) is 0 Å². The van der Waals surface area contributed by atoms with Crippen LogP contribution in [0.15, 0.2) is 18.3 Å². The van der Waals surface area contributed by atoms with Gasteiger partial charge in [0.25, 0.3) is 0 Å². The quantitative estimate of drug-likeness (QED) is 0.892. The van der Waals surface area contributed by atoms with Crippen molar-refractivity contribution >= 4 is 0 Å². The fraction of sp³-hybridized carbons (Fsp3) is 0.500. The van der Waals surface area contributed by atoms with Crippen LogP contribution in [0.5, 0.6) is 0 Å². The number of aromatic nitrogens is 4. The average Bonchev–Trinajstić information content (AvgIpc) is 2.68. The van der Waals surface area contributed by atoms with Crippen molar-refractivity contribution in [2.75, 3.05) is 6.54 Å². The third kappa shape index (κ3) is 3.38. The number of nitrogens with zero attached hydrogens (tertiary/aromatic N) is 4. The Labute approximate surface area is 114 Å². The van der Waals surface area contributed by atoms with Gasteiger partial charge in [0.15, 0.2) is 5.82 Å². The Morgan fingerprint density at radius 3 is 2.74 bits per heavy atom. The summed E-state index contributed by atoms with van der Waals surface area (Å²) in [7, 11) is 0. The van der Waals surface area contributed by atoms with Gasteiger partial charge in [-0.3, -0.25) is 0 Å². The lowest BCUT2D eigenvalue weighted by molar-refractivity contribution is 0.550. The van der Waals surface area contributed by atoms with E-state index in [9.17, 15) is 0 Å². The van der Waals surface area contributed by atoms with Gasteiger partial charge in [-0.25, -0.2) is 9.97 Å². The zero-order valence-electron chi connectivity index (χ0n) is 12.0. The molecule has 102 valence electrons. The molecule has 2 rings (SSSR count). The highest BCUT2D eigenvalue weighted by atomic mass is 15.4. The molecule has 0 bridgehead atoms. The molecule has 5 nitrogen and oxygen atoms in total. The van der Waals surface area contributed by atoms with E-state index in [2.05, 4.69) is 40.3 Å². The third-order valence-electron chi connectivity index (χ3n) is 2.81. The first-order chi connectivity index (χ1) is 9.08. The van der Waals surface area contributed by atoms with Crippen LogP contribution in [0.3, 0.4) is 0 Å². The highest BCUT2D eigenvalue weighted by Gasteiger charge is 2.10. The van der Waals surface area contributed by atoms with Gasteiger partial charge < -0.3 is 5.32 Å². The molecule has 2 aromatic heterocycles. The maximum atomic E-state index is 4.44. The molecule has 0 aliphatic heterocycles. The van der Waals surface area contributed by atoms with Crippen LogP contribution in [0.1, 0.15) is 31.1 Å². The first kappa shape index (κ1) is 13.7. The van der Waals surface area contributed by atoms with Gasteiger partial charge >= 0.3 is 0 Å². The number of nitrogens with one attached hydrogen (secondary N) is 1. The summed E-state index contributed by atoms with van der Waals surface area (Å²) in [5.41, 5.74) is 1.14. The van der Waals surface area contributed by atoms with Gasteiger partial charge in [-0.2, -0.15) is 4.68 Å². The molecule has 5 heteroatoms. The first-order valence-electron chi connectivity index (χ1n) is 6.63. The summed E-state index contributed by atoms with van der Waals surface area (Å²) in [5, 5.41) is 7.84. The predicted octanol–water partition coefficient (Wildman–Crippen LogP) is 2.02. The highest BCUT2D eigenvalue weighted by Crippen LogP contribution is 2.12. The maximum absolute atomic E-state index is 4.44. The third-order valence-corrected chi connectivity index (χ3v) is 2.81. The first-order valence-corrected chi connectivity index (χ1v) is 6.63. The lowest BCUT2D eigenvalue weighted by Crippen LogP contribution is -2.20. The fourth-order valence-corrected chi connectivity index (χ4v) is 1.98. The molecule has 0 fully saturated rings. The van der Waals surface area contributed by atoms with Gasteiger partial charge in [-0.15, -0.1) is 5.10 Å². The average molecular weight is 259 g/mol. The molecule has 2 heterocycles. The van der Waals surface area contributed by atoms with Crippen molar-refractivity contribution in [1.29, 1.82) is 0 Å². The number of pyridine rings is 1. The van der Waals surface area contributed by atoms with Crippen molar-refractivity contribution in [2.24, 2.45) is 5.92 Å². The van der Waals surface area contributed by atoms with E-state index >= 15 is 0 Å². The van der Waals surface area contributed by atoms with E-state index < -0.39 is 0 Å². The highest BCUT2D eigenvalue weighted by molar-refractivity contribution is 5.33. The Morgan fingerprint density at radius 1 is 1.32 bits per heavy atom. The van der Waals surface area contributed by atoms with Crippen LogP contribution in [0.25, 0.3) is 5.82 Å². The molecule has 2 aromatic rings. The second-order valence-corrected chi connectivity index (χ2v) is 5.13. The zero-order chi connectivity index (χ0) is 13.8. The van der Waals surface area contributed by atoms with E-state index in [1.807, 2.05) is 24.6 Å². The molecule has 0 aliphatic rings. The Hall–Kier alpha value is -1.75. The lowest BCUT2D eigenvalue weighted by Gasteiger charge is -2.11. The Balaban J connectivity index is 2.23. The summed E-state index contributed by atoms with van der Waals surface area (Å²) in [6.07, 6.45) is 1.79. The van der Waals surface area contributed by atoms with E-state index in [0.29, 0.717) is 5.92 Å². The van der Waals surface area contributed by atoms with Crippen LogP contribution >= 0.6 is 0 Å². The number of aryl methyl sites for hydroxylation is 2. The minimum absolute atomic E-state index is 0.635. The van der Waals surface area contributed by atoms with Crippen LogP contribution in [-0.2, 0) is 6.54 Å². The van der Waals surface area contributed by atoms with Gasteiger partial charge in [-0.05, 0) is 32.4 Å². The van der Waals surface area contributed by atoms with E-state index in [0.717, 1.165) is 36.1 Å². The van der Waals surface area contributed by atoms with Gasteiger partial charge in [0.05, 0.1) is 0 Å². The van der Waals surface area contributed by atoms with E-state index in [1.54, 1.807) is 6.20 Å². The summed E-state index contributed by atoms with van der Waals surface area (Å²) in [4.78, 5) is 8.77. The normalized spacial score (nSPS) is 11.2. The standard InChI is InChI=1S/C14H21N5/c1-10(2)8-15-9-13-6-5-7-16-14(13)19-12(4)17-11(3)18-19/h5-7,10,15H,8-9H2,1-4H3. The van der Waals surface area contributed by atoms with Crippen LogP contribution in [-0.4, -0.2) is 26.3 Å². The molecule has 0 radical (unpaired) electrons. The molecule has 0 amide bonds. The summed E-state index contributed by atoms with van der Waals surface area (Å²) < 4.78 is 1.81. The second-order valence-electron chi connectivity index (χ2n) is 5.13. The van der Waals surface area contributed by atoms with Crippen molar-refractivity contribution in [1.82, 2.24) is 25.1 Å². The summed E-state index contributed by atoms with van der Waals surface area (Å²) >= 11 is 0. The minimum atomic E-state index is 0.635. The topological polar surface area (TPSA) is 55.6 Å². The molecule has 0 spiro atoms. The molecular formula is C14H21N5. The molecule has 1 N–H and O–H groups in total. The molecule has 0 aromatic carbocycles. The molecular weight excluding hydrogens is 238 g/mol. The molecule has 0 aliphatic carbocycles. The minimum Gasteiger partial charge on any atom is -0.312 e. The Morgan fingerprint density at radius 2 is 2.11 bits per heavy atom. The predicted molar refractivity (Wildman–Crippen MR) is 75.2 cm³/mol. The SMILES string of the molecule is Cc1nc(C)n(-c2ncccc2CNCC(C)C)n1. The van der Waals surface area contributed by atoms with Gasteiger partial charge in [0, 0.05) is 18.3 Å². The number of hydrogen-bond donors (Lipinski definition) is 1. The lowest BCUT2D eigenvalue weighted by atomic mass is 10.2. The van der Waals surface area contributed by atoms with Crippen molar-refractivity contribution in [3.63, 3.8) is 0 Å².